The predicted molar refractivity (Wildman–Crippen MR) is 172 cm³/mol. The van der Waals surface area contributed by atoms with Crippen LogP contribution in [0.5, 0.6) is 11.5 Å². The summed E-state index contributed by atoms with van der Waals surface area (Å²) in [5.74, 6) is 0.451. The van der Waals surface area contributed by atoms with Gasteiger partial charge in [-0.3, -0.25) is 14.5 Å². The number of Topliss-reactive ketones (excluding diaryl/α,β-unsaturated/α-hetero) is 1. The number of amides is 1. The number of nitrogens with two attached hydrogens (primary N) is 1. The highest BCUT2D eigenvalue weighted by Crippen LogP contribution is 2.52. The van der Waals surface area contributed by atoms with Gasteiger partial charge in [0.1, 0.15) is 17.3 Å². The maximum atomic E-state index is 13.9. The lowest BCUT2D eigenvalue weighted by atomic mass is 9.68. The van der Waals surface area contributed by atoms with E-state index in [2.05, 4.69) is 28.5 Å². The van der Waals surface area contributed by atoms with E-state index in [4.69, 9.17) is 15.2 Å². The van der Waals surface area contributed by atoms with E-state index in [-0.39, 0.29) is 34.3 Å². The molecular formula is C32H34N6O4S2. The summed E-state index contributed by atoms with van der Waals surface area (Å²) in [7, 11) is 3.10. The Hall–Kier alpha value is -4.34. The number of aryl methyl sites for hydroxylation is 1. The molecule has 1 aromatic heterocycles. The molecule has 2 aliphatic rings. The highest BCUT2D eigenvalue weighted by molar-refractivity contribution is 8.01. The smallest absolute Gasteiger partial charge is 0.234 e. The van der Waals surface area contributed by atoms with Gasteiger partial charge in [-0.25, -0.2) is 0 Å². The Balaban J connectivity index is 1.47. The predicted octanol–water partition coefficient (Wildman–Crippen LogP) is 5.79. The number of ketones is 1. The number of ether oxygens (including phenoxy) is 2. The second kappa shape index (κ2) is 12.7. The van der Waals surface area contributed by atoms with Crippen LogP contribution in [0.25, 0.3) is 0 Å². The molecule has 0 saturated carbocycles. The number of methoxy groups -OCH3 is 2. The number of nitriles is 1. The fourth-order valence-electron chi connectivity index (χ4n) is 5.59. The van der Waals surface area contributed by atoms with E-state index in [1.165, 1.54) is 35.8 Å². The summed E-state index contributed by atoms with van der Waals surface area (Å²) in [6.07, 6.45) is 1.78. The number of thioether (sulfide) groups is 1. The van der Waals surface area contributed by atoms with Gasteiger partial charge in [-0.05, 0) is 42.0 Å². The van der Waals surface area contributed by atoms with Crippen LogP contribution in [0.3, 0.4) is 0 Å². The van der Waals surface area contributed by atoms with Crippen molar-refractivity contribution in [2.45, 2.75) is 50.3 Å². The quantitative estimate of drug-likeness (QED) is 0.279. The minimum absolute atomic E-state index is 0.0628. The number of nitrogens with zero attached hydrogens (tertiary/aromatic N) is 4. The second-order valence-electron chi connectivity index (χ2n) is 11.3. The van der Waals surface area contributed by atoms with Crippen LogP contribution >= 0.6 is 23.1 Å². The van der Waals surface area contributed by atoms with Crippen molar-refractivity contribution in [3.8, 4) is 17.6 Å². The highest BCUT2D eigenvalue weighted by atomic mass is 32.2. The Bertz CT molecular complexity index is 1700. The third-order valence-electron chi connectivity index (χ3n) is 7.69. The third-order valence-corrected chi connectivity index (χ3v) is 9.73. The molecule has 10 nitrogen and oxygen atoms in total. The lowest BCUT2D eigenvalue weighted by molar-refractivity contribution is -0.118. The Morgan fingerprint density at radius 1 is 1.18 bits per heavy atom. The third kappa shape index (κ3) is 6.16. The lowest BCUT2D eigenvalue weighted by Gasteiger charge is -2.42. The van der Waals surface area contributed by atoms with Crippen LogP contribution in [0.4, 0.5) is 10.8 Å². The first kappa shape index (κ1) is 31.1. The summed E-state index contributed by atoms with van der Waals surface area (Å²) in [5, 5.41) is 22.4. The van der Waals surface area contributed by atoms with Crippen LogP contribution in [-0.4, -0.2) is 41.9 Å². The monoisotopic (exact) mass is 630 g/mol. The standard InChI is InChI=1S/C32H34N6O4S2/c1-6-18-7-9-19(10-8-18)35-26(40)17-43-31-37-36-30(44-31)38-23-14-32(2,3)15-24(39)28(23)27(22(16-33)29(38)34)21-12-11-20(41-4)13-25(21)42-5/h7-13,27H,6,14-15,17,34H2,1-5H3,(H,35,40). The molecule has 0 spiro atoms. The van der Waals surface area contributed by atoms with E-state index in [0.717, 1.165) is 12.1 Å². The number of carbonyl (C=O) groups excluding carboxylic acids is 2. The molecule has 1 unspecified atom stereocenters. The van der Waals surface area contributed by atoms with Crippen molar-refractivity contribution in [3.63, 3.8) is 0 Å². The van der Waals surface area contributed by atoms with Crippen molar-refractivity contribution in [2.75, 3.05) is 30.2 Å². The summed E-state index contributed by atoms with van der Waals surface area (Å²) < 4.78 is 11.6. The number of aromatic nitrogens is 2. The van der Waals surface area contributed by atoms with Gasteiger partial charge in [0.15, 0.2) is 10.1 Å². The molecule has 12 heteroatoms. The van der Waals surface area contributed by atoms with Gasteiger partial charge in [-0.1, -0.05) is 62.1 Å². The number of hydrogen-bond acceptors (Lipinski definition) is 11. The van der Waals surface area contributed by atoms with E-state index >= 15 is 0 Å². The second-order valence-corrected chi connectivity index (χ2v) is 13.5. The first-order valence-corrected chi connectivity index (χ1v) is 15.9. The fourth-order valence-corrected chi connectivity index (χ4v) is 7.28. The van der Waals surface area contributed by atoms with Crippen molar-refractivity contribution in [1.82, 2.24) is 10.2 Å². The average molecular weight is 631 g/mol. The average Bonchev–Trinajstić information content (AvgIpc) is 3.47. The molecule has 228 valence electrons. The Labute approximate surface area is 264 Å². The van der Waals surface area contributed by atoms with E-state index in [9.17, 15) is 14.9 Å². The molecule has 5 rings (SSSR count). The van der Waals surface area contributed by atoms with Crippen molar-refractivity contribution < 1.29 is 19.1 Å². The summed E-state index contributed by atoms with van der Waals surface area (Å²) >= 11 is 2.51. The van der Waals surface area contributed by atoms with Gasteiger partial charge in [-0.15, -0.1) is 10.2 Å². The van der Waals surface area contributed by atoms with E-state index in [1.54, 1.807) is 24.1 Å². The molecule has 3 N–H and O–H groups in total. The zero-order valence-corrected chi connectivity index (χ0v) is 26.9. The maximum Gasteiger partial charge on any atom is 0.234 e. The van der Waals surface area contributed by atoms with Crippen LogP contribution in [0.1, 0.15) is 50.7 Å². The van der Waals surface area contributed by atoms with Gasteiger partial charge < -0.3 is 20.5 Å². The largest absolute Gasteiger partial charge is 0.497 e. The van der Waals surface area contributed by atoms with Crippen LogP contribution in [0, 0.1) is 16.7 Å². The first-order chi connectivity index (χ1) is 21.1. The molecule has 1 atom stereocenters. The molecule has 44 heavy (non-hydrogen) atoms. The molecule has 2 heterocycles. The summed E-state index contributed by atoms with van der Waals surface area (Å²) in [4.78, 5) is 28.2. The van der Waals surface area contributed by atoms with Crippen molar-refractivity contribution in [2.24, 2.45) is 11.1 Å². The molecule has 0 saturated heterocycles. The molecule has 0 fully saturated rings. The molecule has 2 aromatic carbocycles. The van der Waals surface area contributed by atoms with Crippen LogP contribution in [0.15, 0.2) is 69.5 Å². The molecule has 3 aromatic rings. The van der Waals surface area contributed by atoms with E-state index < -0.39 is 5.92 Å². The van der Waals surface area contributed by atoms with E-state index in [0.29, 0.717) is 50.6 Å². The normalized spacial score (nSPS) is 17.7. The minimum Gasteiger partial charge on any atom is -0.497 e. The van der Waals surface area contributed by atoms with Crippen molar-refractivity contribution >= 4 is 45.6 Å². The lowest BCUT2D eigenvalue weighted by Crippen LogP contribution is -2.42. The summed E-state index contributed by atoms with van der Waals surface area (Å²) in [6, 6.07) is 15.3. The van der Waals surface area contributed by atoms with Crippen molar-refractivity contribution in [3.05, 3.63) is 76.3 Å². The minimum atomic E-state index is -0.715. The van der Waals surface area contributed by atoms with Crippen LogP contribution < -0.4 is 25.4 Å². The van der Waals surface area contributed by atoms with Gasteiger partial charge in [0.05, 0.1) is 37.5 Å². The topological polar surface area (TPSA) is 143 Å². The number of nitrogens with one attached hydrogen (secondary N) is 1. The zero-order chi connectivity index (χ0) is 31.6. The Morgan fingerprint density at radius 3 is 2.59 bits per heavy atom. The van der Waals surface area contributed by atoms with Crippen LogP contribution in [0.2, 0.25) is 0 Å². The molecule has 0 bridgehead atoms. The van der Waals surface area contributed by atoms with Crippen LogP contribution in [-0.2, 0) is 16.0 Å². The van der Waals surface area contributed by atoms with E-state index in [1.807, 2.05) is 44.2 Å². The Morgan fingerprint density at radius 2 is 1.93 bits per heavy atom. The number of rotatable bonds is 9. The van der Waals surface area contributed by atoms with Crippen molar-refractivity contribution in [1.29, 1.82) is 5.26 Å². The fraction of sp³-hybridized carbons (Fsp3) is 0.344. The highest BCUT2D eigenvalue weighted by Gasteiger charge is 2.46. The molecule has 1 amide bonds. The molecule has 0 radical (unpaired) electrons. The van der Waals surface area contributed by atoms with Gasteiger partial charge in [0.25, 0.3) is 0 Å². The first-order valence-electron chi connectivity index (χ1n) is 14.1. The molecule has 1 aliphatic heterocycles. The number of anilines is 2. The number of benzene rings is 2. The number of carbonyl (C=O) groups is 2. The van der Waals surface area contributed by atoms with Gasteiger partial charge in [0.2, 0.25) is 11.0 Å². The Kier molecular flexibility index (Phi) is 8.99. The van der Waals surface area contributed by atoms with Gasteiger partial charge in [0, 0.05) is 35.0 Å². The maximum absolute atomic E-state index is 13.9. The number of hydrogen-bond donors (Lipinski definition) is 2. The summed E-state index contributed by atoms with van der Waals surface area (Å²) in [6.45, 7) is 6.15. The number of allylic oxidation sites excluding steroid dienone is 3. The van der Waals surface area contributed by atoms with Gasteiger partial charge in [-0.2, -0.15) is 5.26 Å². The summed E-state index contributed by atoms with van der Waals surface area (Å²) in [5.41, 5.74) is 10.4. The molecule has 1 aliphatic carbocycles. The van der Waals surface area contributed by atoms with Gasteiger partial charge >= 0.3 is 0 Å². The zero-order valence-electron chi connectivity index (χ0n) is 25.3. The molecular weight excluding hydrogens is 597 g/mol. The SMILES string of the molecule is CCc1ccc(NC(=O)CSc2nnc(N3C(N)=C(C#N)C(c4ccc(OC)cc4OC)C4=C3CC(C)(C)CC4=O)s2)cc1.